The van der Waals surface area contributed by atoms with E-state index < -0.39 is 0 Å². The number of amides is 2. The fraction of sp³-hybridized carbons (Fsp3) is 0.261. The SMILES string of the molecule is CCN(CC(=O)NCc1ccc(F)cc1)C(=O)c1cc(C)nc2ccc(C)cc12. The minimum Gasteiger partial charge on any atom is -0.350 e. The zero-order valence-electron chi connectivity index (χ0n) is 16.8. The number of aryl methyl sites for hydroxylation is 2. The number of pyridine rings is 1. The van der Waals surface area contributed by atoms with E-state index >= 15 is 0 Å². The van der Waals surface area contributed by atoms with Crippen LogP contribution in [0.1, 0.15) is 34.1 Å². The van der Waals surface area contributed by atoms with E-state index in [1.165, 1.54) is 17.0 Å². The molecule has 0 radical (unpaired) electrons. The summed E-state index contributed by atoms with van der Waals surface area (Å²) in [6.45, 7) is 6.28. The smallest absolute Gasteiger partial charge is 0.255 e. The largest absolute Gasteiger partial charge is 0.350 e. The van der Waals surface area contributed by atoms with Crippen LogP contribution in [-0.2, 0) is 11.3 Å². The van der Waals surface area contributed by atoms with Gasteiger partial charge < -0.3 is 10.2 Å². The second-order valence-electron chi connectivity index (χ2n) is 7.05. The maximum atomic E-state index is 13.2. The van der Waals surface area contributed by atoms with Crippen LogP contribution in [0.3, 0.4) is 0 Å². The number of hydrogen-bond donors (Lipinski definition) is 1. The first-order chi connectivity index (χ1) is 13.9. The lowest BCUT2D eigenvalue weighted by Crippen LogP contribution is -2.40. The first-order valence-electron chi connectivity index (χ1n) is 9.56. The molecule has 0 bridgehead atoms. The molecule has 1 aromatic heterocycles. The van der Waals surface area contributed by atoms with Gasteiger partial charge in [-0.2, -0.15) is 0 Å². The summed E-state index contributed by atoms with van der Waals surface area (Å²) in [5.74, 6) is -0.792. The van der Waals surface area contributed by atoms with Crippen LogP contribution in [0, 0.1) is 19.7 Å². The molecule has 150 valence electrons. The van der Waals surface area contributed by atoms with Crippen LogP contribution in [0.4, 0.5) is 4.39 Å². The number of aromatic nitrogens is 1. The number of nitrogens with zero attached hydrogens (tertiary/aromatic N) is 2. The van der Waals surface area contributed by atoms with E-state index in [4.69, 9.17) is 0 Å². The van der Waals surface area contributed by atoms with Gasteiger partial charge in [-0.1, -0.05) is 23.8 Å². The van der Waals surface area contributed by atoms with Crippen LogP contribution in [-0.4, -0.2) is 34.8 Å². The Labute approximate surface area is 169 Å². The molecule has 0 spiro atoms. The van der Waals surface area contributed by atoms with Crippen LogP contribution in [0.5, 0.6) is 0 Å². The Bertz CT molecular complexity index is 1050. The number of hydrogen-bond acceptors (Lipinski definition) is 3. The van der Waals surface area contributed by atoms with Gasteiger partial charge >= 0.3 is 0 Å². The molecule has 0 fully saturated rings. The maximum Gasteiger partial charge on any atom is 0.255 e. The van der Waals surface area contributed by atoms with Crippen LogP contribution in [0.2, 0.25) is 0 Å². The Balaban J connectivity index is 1.75. The Morgan fingerprint density at radius 3 is 2.48 bits per heavy atom. The van der Waals surface area contributed by atoms with Gasteiger partial charge in [0.2, 0.25) is 5.91 Å². The molecule has 0 aliphatic carbocycles. The first-order valence-corrected chi connectivity index (χ1v) is 9.56. The summed E-state index contributed by atoms with van der Waals surface area (Å²) in [6.07, 6.45) is 0. The van der Waals surface area contributed by atoms with Gasteiger partial charge in [0.1, 0.15) is 5.82 Å². The van der Waals surface area contributed by atoms with Gasteiger partial charge in [-0.3, -0.25) is 14.6 Å². The molecule has 0 saturated carbocycles. The highest BCUT2D eigenvalue weighted by Gasteiger charge is 2.20. The molecular weight excluding hydrogens is 369 g/mol. The third kappa shape index (κ3) is 4.96. The molecule has 3 rings (SSSR count). The van der Waals surface area contributed by atoms with Crippen molar-refractivity contribution >= 4 is 22.7 Å². The molecule has 1 N–H and O–H groups in total. The lowest BCUT2D eigenvalue weighted by atomic mass is 10.0. The third-order valence-corrected chi connectivity index (χ3v) is 4.73. The van der Waals surface area contributed by atoms with Gasteiger partial charge in [-0.05, 0) is 56.7 Å². The van der Waals surface area contributed by atoms with Crippen molar-refractivity contribution in [3.05, 3.63) is 76.7 Å². The molecule has 0 saturated heterocycles. The minimum atomic E-state index is -0.321. The van der Waals surface area contributed by atoms with Gasteiger partial charge in [0.05, 0.1) is 17.6 Å². The summed E-state index contributed by atoms with van der Waals surface area (Å²) in [4.78, 5) is 31.6. The number of carbonyl (C=O) groups is 2. The van der Waals surface area contributed by atoms with Crippen LogP contribution in [0.25, 0.3) is 10.9 Å². The van der Waals surface area contributed by atoms with Crippen LogP contribution in [0.15, 0.2) is 48.5 Å². The van der Waals surface area contributed by atoms with E-state index in [9.17, 15) is 14.0 Å². The molecule has 29 heavy (non-hydrogen) atoms. The van der Waals surface area contributed by atoms with E-state index in [1.807, 2.05) is 39.0 Å². The topological polar surface area (TPSA) is 62.3 Å². The Kier molecular flexibility index (Phi) is 6.22. The summed E-state index contributed by atoms with van der Waals surface area (Å²) < 4.78 is 13.0. The minimum absolute atomic E-state index is 0.0504. The zero-order chi connectivity index (χ0) is 21.0. The molecule has 0 aliphatic heterocycles. The van der Waals surface area contributed by atoms with E-state index in [1.54, 1.807) is 18.2 Å². The Hall–Kier alpha value is -3.28. The Morgan fingerprint density at radius 2 is 1.79 bits per heavy atom. The van der Waals surface area contributed by atoms with Gasteiger partial charge in [0, 0.05) is 24.2 Å². The maximum absolute atomic E-state index is 13.2. The van der Waals surface area contributed by atoms with Crippen molar-refractivity contribution < 1.29 is 14.0 Å². The number of nitrogens with one attached hydrogen (secondary N) is 1. The molecular formula is C23H24FN3O2. The summed E-state index contributed by atoms with van der Waals surface area (Å²) in [6, 6.07) is 13.5. The monoisotopic (exact) mass is 393 g/mol. The standard InChI is InChI=1S/C23H24FN3O2/c1-4-27(14-22(28)25-13-17-6-8-18(24)9-7-17)23(29)20-12-16(3)26-21-10-5-15(2)11-19(20)21/h5-12H,4,13-14H2,1-3H3,(H,25,28). The highest BCUT2D eigenvalue weighted by molar-refractivity contribution is 6.07. The Morgan fingerprint density at radius 1 is 1.07 bits per heavy atom. The molecule has 0 atom stereocenters. The summed E-state index contributed by atoms with van der Waals surface area (Å²) in [5.41, 5.74) is 3.89. The predicted molar refractivity (Wildman–Crippen MR) is 111 cm³/mol. The van der Waals surface area contributed by atoms with Gasteiger partial charge in [0.25, 0.3) is 5.91 Å². The summed E-state index contributed by atoms with van der Waals surface area (Å²) in [5, 5.41) is 3.56. The number of rotatable bonds is 6. The molecule has 2 aromatic carbocycles. The van der Waals surface area contributed by atoms with E-state index in [0.29, 0.717) is 12.1 Å². The molecule has 1 heterocycles. The van der Waals surface area contributed by atoms with Crippen molar-refractivity contribution in [1.82, 2.24) is 15.2 Å². The quantitative estimate of drug-likeness (QED) is 0.693. The normalized spacial score (nSPS) is 10.8. The highest BCUT2D eigenvalue weighted by atomic mass is 19.1. The second kappa shape index (κ2) is 8.82. The van der Waals surface area contributed by atoms with Crippen LogP contribution >= 0.6 is 0 Å². The summed E-state index contributed by atoms with van der Waals surface area (Å²) in [7, 11) is 0. The van der Waals surface area contributed by atoms with Gasteiger partial charge in [-0.25, -0.2) is 4.39 Å². The number of fused-ring (bicyclic) bond motifs is 1. The molecule has 6 heteroatoms. The molecule has 0 unspecified atom stereocenters. The fourth-order valence-corrected chi connectivity index (χ4v) is 3.18. The van der Waals surface area contributed by atoms with Crippen molar-refractivity contribution in [2.75, 3.05) is 13.1 Å². The molecule has 3 aromatic rings. The fourth-order valence-electron chi connectivity index (χ4n) is 3.18. The van der Waals surface area contributed by atoms with Crippen molar-refractivity contribution in [2.45, 2.75) is 27.3 Å². The van der Waals surface area contributed by atoms with Gasteiger partial charge in [0.15, 0.2) is 0 Å². The van der Waals surface area contributed by atoms with Crippen molar-refractivity contribution in [3.63, 3.8) is 0 Å². The average molecular weight is 393 g/mol. The van der Waals surface area contributed by atoms with Crippen molar-refractivity contribution in [3.8, 4) is 0 Å². The predicted octanol–water partition coefficient (Wildman–Crippen LogP) is 3.77. The third-order valence-electron chi connectivity index (χ3n) is 4.73. The zero-order valence-corrected chi connectivity index (χ0v) is 16.8. The lowest BCUT2D eigenvalue weighted by molar-refractivity contribution is -0.121. The van der Waals surface area contributed by atoms with Crippen molar-refractivity contribution in [1.29, 1.82) is 0 Å². The van der Waals surface area contributed by atoms with E-state index in [2.05, 4.69) is 10.3 Å². The summed E-state index contributed by atoms with van der Waals surface area (Å²) >= 11 is 0. The van der Waals surface area contributed by atoms with Crippen LogP contribution < -0.4 is 5.32 Å². The first kappa shape index (κ1) is 20.5. The number of benzene rings is 2. The number of carbonyl (C=O) groups excluding carboxylic acids is 2. The second-order valence-corrected chi connectivity index (χ2v) is 7.05. The number of likely N-dealkylation sites (N-methyl/N-ethyl adjacent to an activating group) is 1. The van der Waals surface area contributed by atoms with E-state index in [0.717, 1.165) is 27.7 Å². The number of halogens is 1. The molecule has 2 amide bonds. The highest BCUT2D eigenvalue weighted by Crippen LogP contribution is 2.21. The average Bonchev–Trinajstić information content (AvgIpc) is 2.70. The molecule has 5 nitrogen and oxygen atoms in total. The van der Waals surface area contributed by atoms with Gasteiger partial charge in [-0.15, -0.1) is 0 Å². The van der Waals surface area contributed by atoms with E-state index in [-0.39, 0.29) is 30.7 Å². The molecule has 0 aliphatic rings. The lowest BCUT2D eigenvalue weighted by Gasteiger charge is -2.21. The van der Waals surface area contributed by atoms with Crippen molar-refractivity contribution in [2.24, 2.45) is 0 Å².